The van der Waals surface area contributed by atoms with Crippen LogP contribution in [0.1, 0.15) is 28.8 Å². The quantitative estimate of drug-likeness (QED) is 0.631. The minimum absolute atomic E-state index is 0.206. The number of nitrogens with one attached hydrogen (secondary N) is 1. The van der Waals surface area contributed by atoms with Crippen molar-refractivity contribution in [3.05, 3.63) is 41.3 Å². The van der Waals surface area contributed by atoms with Gasteiger partial charge in [-0.05, 0) is 30.7 Å². The maximum absolute atomic E-state index is 12.7. The average Bonchev–Trinajstić information content (AvgIpc) is 2.89. The Morgan fingerprint density at radius 1 is 1.36 bits per heavy atom. The van der Waals surface area contributed by atoms with Crippen LogP contribution in [-0.2, 0) is 30.7 Å². The SMILES string of the molecule is C=C[S+](=O)([O-])Nc1ccc2c(c1)C(=O)N(C1CCC(=O)N(C)C1=O)C2. The molecule has 2 aliphatic heterocycles. The highest BCUT2D eigenvalue weighted by Crippen LogP contribution is 2.30. The molecule has 8 nitrogen and oxygen atoms in total. The Kier molecular flexibility index (Phi) is 4.21. The molecule has 2 aliphatic rings. The fourth-order valence-corrected chi connectivity index (χ4v) is 3.57. The molecule has 1 saturated heterocycles. The number of piperidine rings is 1. The molecule has 25 heavy (non-hydrogen) atoms. The Bertz CT molecular complexity index is 837. The Labute approximate surface area is 145 Å². The van der Waals surface area contributed by atoms with E-state index in [-0.39, 0.29) is 36.9 Å². The summed E-state index contributed by atoms with van der Waals surface area (Å²) in [6.07, 6.45) is 0.495. The Morgan fingerprint density at radius 3 is 2.76 bits per heavy atom. The minimum atomic E-state index is -3.67. The minimum Gasteiger partial charge on any atom is -0.589 e. The number of likely N-dealkylation sites (tertiary alicyclic amines) is 1. The van der Waals surface area contributed by atoms with Crippen LogP contribution in [0.15, 0.2) is 30.2 Å². The maximum Gasteiger partial charge on any atom is 0.255 e. The molecule has 1 aromatic rings. The number of carbonyl (C=O) groups is 3. The molecule has 0 saturated carbocycles. The van der Waals surface area contributed by atoms with Crippen molar-refractivity contribution in [2.24, 2.45) is 0 Å². The second kappa shape index (κ2) is 6.08. The highest BCUT2D eigenvalue weighted by atomic mass is 32.3. The van der Waals surface area contributed by atoms with E-state index in [9.17, 15) is 23.1 Å². The van der Waals surface area contributed by atoms with Crippen molar-refractivity contribution < 1.29 is 23.1 Å². The Hall–Kier alpha value is -2.52. The zero-order chi connectivity index (χ0) is 18.4. The van der Waals surface area contributed by atoms with Crippen molar-refractivity contribution >= 4 is 33.8 Å². The zero-order valence-corrected chi connectivity index (χ0v) is 14.4. The third kappa shape index (κ3) is 3.08. The monoisotopic (exact) mass is 363 g/mol. The topological polar surface area (TPSA) is 110 Å². The summed E-state index contributed by atoms with van der Waals surface area (Å²) in [4.78, 5) is 39.1. The molecule has 1 N–H and O–H groups in total. The van der Waals surface area contributed by atoms with Crippen LogP contribution in [-0.4, -0.2) is 45.2 Å². The Balaban J connectivity index is 1.84. The van der Waals surface area contributed by atoms with Crippen LogP contribution in [0.25, 0.3) is 0 Å². The first-order valence-electron chi connectivity index (χ1n) is 7.63. The van der Waals surface area contributed by atoms with Crippen LogP contribution in [0.3, 0.4) is 0 Å². The second-order valence-electron chi connectivity index (χ2n) is 5.96. The maximum atomic E-state index is 12.7. The molecule has 2 atom stereocenters. The van der Waals surface area contributed by atoms with Crippen LogP contribution < -0.4 is 4.72 Å². The lowest BCUT2D eigenvalue weighted by atomic mass is 10.0. The highest BCUT2D eigenvalue weighted by Gasteiger charge is 2.41. The Morgan fingerprint density at radius 2 is 2.08 bits per heavy atom. The molecule has 1 aromatic carbocycles. The van der Waals surface area contributed by atoms with Crippen LogP contribution in [0, 0.1) is 0 Å². The van der Waals surface area contributed by atoms with Gasteiger partial charge in [-0.3, -0.25) is 19.3 Å². The van der Waals surface area contributed by atoms with E-state index in [0.29, 0.717) is 11.1 Å². The van der Waals surface area contributed by atoms with Gasteiger partial charge in [-0.25, -0.2) is 4.72 Å². The average molecular weight is 363 g/mol. The van der Waals surface area contributed by atoms with Crippen molar-refractivity contribution in [1.82, 2.24) is 9.80 Å². The van der Waals surface area contributed by atoms with Crippen molar-refractivity contribution in [3.63, 3.8) is 0 Å². The summed E-state index contributed by atoms with van der Waals surface area (Å²) < 4.78 is 25.4. The smallest absolute Gasteiger partial charge is 0.255 e. The summed E-state index contributed by atoms with van der Waals surface area (Å²) in [7, 11) is -2.26. The van der Waals surface area contributed by atoms with Gasteiger partial charge >= 0.3 is 0 Å². The van der Waals surface area contributed by atoms with E-state index < -0.39 is 22.3 Å². The third-order valence-electron chi connectivity index (χ3n) is 4.42. The van der Waals surface area contributed by atoms with Crippen LogP contribution in [0.4, 0.5) is 5.69 Å². The summed E-state index contributed by atoms with van der Waals surface area (Å²) in [5, 5.41) is 0.780. The number of likely N-dealkylation sites (N-methyl/N-ethyl adjacent to an activating group) is 1. The first-order valence-corrected chi connectivity index (χ1v) is 9.17. The van der Waals surface area contributed by atoms with Crippen LogP contribution >= 0.6 is 0 Å². The van der Waals surface area contributed by atoms with Gasteiger partial charge in [0.05, 0.1) is 5.69 Å². The first-order chi connectivity index (χ1) is 11.7. The van der Waals surface area contributed by atoms with Gasteiger partial charge in [0.1, 0.15) is 11.4 Å². The number of hydrogen-bond acceptors (Lipinski definition) is 5. The number of carbonyl (C=O) groups excluding carboxylic acids is 3. The van der Waals surface area contributed by atoms with Crippen molar-refractivity contribution in [3.8, 4) is 0 Å². The van der Waals surface area contributed by atoms with Gasteiger partial charge in [-0.15, -0.1) is 0 Å². The molecular weight excluding hydrogens is 346 g/mol. The molecule has 3 rings (SSSR count). The number of anilines is 1. The second-order valence-corrected chi connectivity index (χ2v) is 7.59. The lowest BCUT2D eigenvalue weighted by Gasteiger charge is -2.33. The predicted octanol–water partition coefficient (Wildman–Crippen LogP) is 0.890. The lowest BCUT2D eigenvalue weighted by Crippen LogP contribution is -2.53. The molecule has 2 heterocycles. The van der Waals surface area contributed by atoms with Gasteiger partial charge in [0, 0.05) is 25.6 Å². The van der Waals surface area contributed by atoms with E-state index in [1.807, 2.05) is 0 Å². The van der Waals surface area contributed by atoms with E-state index in [1.54, 1.807) is 12.1 Å². The first kappa shape index (κ1) is 17.3. The molecule has 0 radical (unpaired) electrons. The fraction of sp³-hybridized carbons (Fsp3) is 0.312. The van der Waals surface area contributed by atoms with Gasteiger partial charge in [-0.1, -0.05) is 10.3 Å². The summed E-state index contributed by atoms with van der Waals surface area (Å²) >= 11 is 0. The largest absolute Gasteiger partial charge is 0.589 e. The van der Waals surface area contributed by atoms with Crippen molar-refractivity contribution in [2.75, 3.05) is 11.8 Å². The van der Waals surface area contributed by atoms with Crippen LogP contribution in [0.5, 0.6) is 0 Å². The number of imide groups is 1. The molecule has 3 amide bonds. The third-order valence-corrected chi connectivity index (χ3v) is 5.38. The van der Waals surface area contributed by atoms with Crippen molar-refractivity contribution in [2.45, 2.75) is 25.4 Å². The molecule has 0 aliphatic carbocycles. The van der Waals surface area contributed by atoms with Gasteiger partial charge < -0.3 is 9.45 Å². The van der Waals surface area contributed by atoms with E-state index in [0.717, 1.165) is 10.3 Å². The summed E-state index contributed by atoms with van der Waals surface area (Å²) in [6.45, 7) is 3.47. The number of hydrogen-bond donors (Lipinski definition) is 1. The van der Waals surface area contributed by atoms with E-state index in [1.165, 1.54) is 18.0 Å². The van der Waals surface area contributed by atoms with Gasteiger partial charge in [0.25, 0.3) is 11.8 Å². The summed E-state index contributed by atoms with van der Waals surface area (Å²) in [6, 6.07) is 3.96. The number of sulfonamides is 1. The number of benzene rings is 1. The van der Waals surface area contributed by atoms with E-state index >= 15 is 0 Å². The van der Waals surface area contributed by atoms with Crippen molar-refractivity contribution in [1.29, 1.82) is 0 Å². The molecule has 2 unspecified atom stereocenters. The normalized spacial score (nSPS) is 22.6. The predicted molar refractivity (Wildman–Crippen MR) is 89.8 cm³/mol. The fourth-order valence-electron chi connectivity index (χ4n) is 3.03. The van der Waals surface area contributed by atoms with Gasteiger partial charge in [-0.2, -0.15) is 0 Å². The molecule has 1 fully saturated rings. The molecule has 132 valence electrons. The van der Waals surface area contributed by atoms with E-state index in [4.69, 9.17) is 0 Å². The van der Waals surface area contributed by atoms with Crippen LogP contribution in [0.2, 0.25) is 0 Å². The lowest BCUT2D eigenvalue weighted by molar-refractivity contribution is -0.150. The molecule has 0 aromatic heterocycles. The number of amides is 3. The highest BCUT2D eigenvalue weighted by molar-refractivity contribution is 8.01. The summed E-state index contributed by atoms with van der Waals surface area (Å²) in [5.74, 6) is -1.01. The molecule has 0 spiro atoms. The van der Waals surface area contributed by atoms with E-state index in [2.05, 4.69) is 11.3 Å². The number of nitrogens with zero attached hydrogens (tertiary/aromatic N) is 2. The van der Waals surface area contributed by atoms with Gasteiger partial charge in [0.15, 0.2) is 10.4 Å². The van der Waals surface area contributed by atoms with Gasteiger partial charge in [0.2, 0.25) is 5.91 Å². The number of rotatable bonds is 4. The molecule has 0 bridgehead atoms. The zero-order valence-electron chi connectivity index (χ0n) is 13.6. The number of fused-ring (bicyclic) bond motifs is 1. The standard InChI is InChI=1S/C16H17N3O5S/c1-3-25(23,24)17-11-5-4-10-9-19(15(21)12(10)8-11)13-6-7-14(20)18(2)16(13)22/h3-5,8,13H,1,6-7,9H2,2H3,(H-,17,23,24). The molecular formula is C16H17N3O5S. The summed E-state index contributed by atoms with van der Waals surface area (Å²) in [5.41, 5.74) is 1.30. The molecule has 9 heteroatoms.